The van der Waals surface area contributed by atoms with Crippen molar-refractivity contribution in [2.75, 3.05) is 11.9 Å². The first kappa shape index (κ1) is 13.1. The molecule has 1 atom stereocenters. The summed E-state index contributed by atoms with van der Waals surface area (Å²) >= 11 is 1.62. The third-order valence-corrected chi connectivity index (χ3v) is 4.25. The van der Waals surface area contributed by atoms with Gasteiger partial charge in [-0.25, -0.2) is 4.98 Å². The van der Waals surface area contributed by atoms with Gasteiger partial charge in [-0.15, -0.1) is 11.3 Å². The highest BCUT2D eigenvalue weighted by atomic mass is 32.1. The van der Waals surface area contributed by atoms with E-state index >= 15 is 0 Å². The average Bonchev–Trinajstić information content (AvgIpc) is 2.89. The van der Waals surface area contributed by atoms with Crippen molar-refractivity contribution in [2.45, 2.75) is 26.4 Å². The Morgan fingerprint density at radius 2 is 2.25 bits per heavy atom. The Labute approximate surface area is 122 Å². The summed E-state index contributed by atoms with van der Waals surface area (Å²) in [5.74, 6) is 0.765. The van der Waals surface area contributed by atoms with Crippen LogP contribution in [0.4, 0.5) is 5.69 Å². The molecule has 0 N–H and O–H groups in total. The number of rotatable bonds is 2. The number of amides is 1. The van der Waals surface area contributed by atoms with E-state index in [9.17, 15) is 4.79 Å². The average molecular weight is 288 g/mol. The summed E-state index contributed by atoms with van der Waals surface area (Å²) in [6, 6.07) is 5.88. The molecule has 0 bridgehead atoms. The maximum Gasteiger partial charge on any atom is 0.267 e. The lowest BCUT2D eigenvalue weighted by atomic mass is 10.1. The van der Waals surface area contributed by atoms with Crippen LogP contribution in [0.1, 0.15) is 18.4 Å². The molecule has 1 aliphatic heterocycles. The Bertz CT molecular complexity index is 666. The number of ether oxygens (including phenoxy) is 1. The first-order valence-corrected chi connectivity index (χ1v) is 7.49. The van der Waals surface area contributed by atoms with Gasteiger partial charge in [0.25, 0.3) is 5.91 Å². The van der Waals surface area contributed by atoms with Crippen molar-refractivity contribution in [3.05, 3.63) is 28.6 Å². The molecule has 2 aromatic rings. The smallest absolute Gasteiger partial charge is 0.267 e. The minimum atomic E-state index is -0.375. The zero-order valence-corrected chi connectivity index (χ0v) is 12.5. The minimum absolute atomic E-state index is 0.00612. The fourth-order valence-electron chi connectivity index (χ4n) is 2.33. The van der Waals surface area contributed by atoms with Gasteiger partial charge in [0, 0.05) is 18.0 Å². The Morgan fingerprint density at radius 3 is 2.90 bits per heavy atom. The first-order valence-electron chi connectivity index (χ1n) is 6.61. The van der Waals surface area contributed by atoms with Crippen LogP contribution < -0.4 is 9.64 Å². The van der Waals surface area contributed by atoms with E-state index in [-0.39, 0.29) is 12.0 Å². The number of hydrogen-bond acceptors (Lipinski definition) is 4. The molecule has 3 rings (SSSR count). The van der Waals surface area contributed by atoms with Crippen LogP contribution in [0.25, 0.3) is 11.3 Å². The van der Waals surface area contributed by atoms with E-state index in [1.165, 1.54) is 0 Å². The SMILES string of the molecule is CCC1Oc2ccc(-c3csc(C)n3)cc2N(C)C1=O. The Hall–Kier alpha value is -1.88. The van der Waals surface area contributed by atoms with Gasteiger partial charge < -0.3 is 9.64 Å². The van der Waals surface area contributed by atoms with Crippen molar-refractivity contribution in [1.82, 2.24) is 4.98 Å². The Balaban J connectivity index is 2.03. The molecule has 0 saturated heterocycles. The normalized spacial score (nSPS) is 17.9. The second-order valence-corrected chi connectivity index (χ2v) is 5.91. The van der Waals surface area contributed by atoms with Crippen LogP contribution in [0, 0.1) is 6.92 Å². The van der Waals surface area contributed by atoms with Crippen molar-refractivity contribution in [3.63, 3.8) is 0 Å². The summed E-state index contributed by atoms with van der Waals surface area (Å²) in [5, 5.41) is 3.06. The molecular formula is C15H16N2O2S. The first-order chi connectivity index (χ1) is 9.60. The summed E-state index contributed by atoms with van der Waals surface area (Å²) in [7, 11) is 1.79. The number of fused-ring (bicyclic) bond motifs is 1. The van der Waals surface area contributed by atoms with Gasteiger partial charge in [0.1, 0.15) is 5.75 Å². The van der Waals surface area contributed by atoms with Gasteiger partial charge in [0.15, 0.2) is 6.10 Å². The second kappa shape index (κ2) is 4.90. The molecule has 20 heavy (non-hydrogen) atoms. The van der Waals surface area contributed by atoms with Crippen molar-refractivity contribution in [3.8, 4) is 17.0 Å². The molecule has 4 nitrogen and oxygen atoms in total. The van der Waals surface area contributed by atoms with E-state index in [0.29, 0.717) is 6.42 Å². The number of benzene rings is 1. The van der Waals surface area contributed by atoms with Crippen LogP contribution in [0.3, 0.4) is 0 Å². The summed E-state index contributed by atoms with van der Waals surface area (Å²) in [4.78, 5) is 18.3. The standard InChI is InChI=1S/C15H16N2O2S/c1-4-13-15(18)17(3)12-7-10(5-6-14(12)19-13)11-8-20-9(2)16-11/h5-8,13H,4H2,1-3H3. The zero-order valence-electron chi connectivity index (χ0n) is 11.7. The lowest BCUT2D eigenvalue weighted by Crippen LogP contribution is -2.43. The number of thiazole rings is 1. The van der Waals surface area contributed by atoms with E-state index in [1.54, 1.807) is 23.3 Å². The molecule has 0 saturated carbocycles. The molecule has 1 unspecified atom stereocenters. The van der Waals surface area contributed by atoms with Crippen LogP contribution in [-0.2, 0) is 4.79 Å². The van der Waals surface area contributed by atoms with E-state index < -0.39 is 0 Å². The number of nitrogens with zero attached hydrogens (tertiary/aromatic N) is 2. The number of aryl methyl sites for hydroxylation is 1. The molecular weight excluding hydrogens is 272 g/mol. The largest absolute Gasteiger partial charge is 0.478 e. The summed E-state index contributed by atoms with van der Waals surface area (Å²) < 4.78 is 5.75. The van der Waals surface area contributed by atoms with Crippen LogP contribution in [0.2, 0.25) is 0 Å². The lowest BCUT2D eigenvalue weighted by Gasteiger charge is -2.31. The van der Waals surface area contributed by atoms with Crippen LogP contribution >= 0.6 is 11.3 Å². The van der Waals surface area contributed by atoms with Crippen molar-refractivity contribution in [1.29, 1.82) is 0 Å². The molecule has 1 aromatic heterocycles. The fourth-order valence-corrected chi connectivity index (χ4v) is 2.95. The number of aromatic nitrogens is 1. The lowest BCUT2D eigenvalue weighted by molar-refractivity contribution is -0.126. The molecule has 0 fully saturated rings. The molecule has 104 valence electrons. The van der Waals surface area contributed by atoms with Gasteiger partial charge in [0.05, 0.1) is 16.4 Å². The fraction of sp³-hybridized carbons (Fsp3) is 0.333. The predicted octanol–water partition coefficient (Wildman–Crippen LogP) is 3.25. The highest BCUT2D eigenvalue weighted by Crippen LogP contribution is 2.37. The second-order valence-electron chi connectivity index (χ2n) is 4.85. The number of hydrogen-bond donors (Lipinski definition) is 0. The summed E-state index contributed by atoms with van der Waals surface area (Å²) in [6.07, 6.45) is 0.301. The number of likely N-dealkylation sites (N-methyl/N-ethyl adjacent to an activating group) is 1. The van der Waals surface area contributed by atoms with Gasteiger partial charge in [-0.2, -0.15) is 0 Å². The molecule has 0 aliphatic carbocycles. The van der Waals surface area contributed by atoms with Gasteiger partial charge >= 0.3 is 0 Å². The van der Waals surface area contributed by atoms with Crippen molar-refractivity contribution >= 4 is 22.9 Å². The third-order valence-electron chi connectivity index (χ3n) is 3.48. The predicted molar refractivity (Wildman–Crippen MR) is 80.4 cm³/mol. The van der Waals surface area contributed by atoms with E-state index in [0.717, 1.165) is 27.7 Å². The highest BCUT2D eigenvalue weighted by molar-refractivity contribution is 7.09. The molecule has 2 heterocycles. The van der Waals surface area contributed by atoms with Crippen molar-refractivity contribution in [2.24, 2.45) is 0 Å². The number of anilines is 1. The van der Waals surface area contributed by atoms with Gasteiger partial charge in [0.2, 0.25) is 0 Å². The topological polar surface area (TPSA) is 42.4 Å². The van der Waals surface area contributed by atoms with E-state index in [2.05, 4.69) is 4.98 Å². The number of carbonyl (C=O) groups excluding carboxylic acids is 1. The Morgan fingerprint density at radius 1 is 1.45 bits per heavy atom. The zero-order chi connectivity index (χ0) is 14.3. The third kappa shape index (κ3) is 2.08. The minimum Gasteiger partial charge on any atom is -0.478 e. The quantitative estimate of drug-likeness (QED) is 0.852. The Kier molecular flexibility index (Phi) is 3.22. The molecule has 5 heteroatoms. The molecule has 1 amide bonds. The highest BCUT2D eigenvalue weighted by Gasteiger charge is 2.31. The van der Waals surface area contributed by atoms with Gasteiger partial charge in [-0.1, -0.05) is 6.92 Å². The summed E-state index contributed by atoms with van der Waals surface area (Å²) in [5.41, 5.74) is 2.75. The molecule has 1 aromatic carbocycles. The van der Waals surface area contributed by atoms with E-state index in [4.69, 9.17) is 4.74 Å². The van der Waals surface area contributed by atoms with Gasteiger partial charge in [-0.05, 0) is 31.5 Å². The molecule has 0 radical (unpaired) electrons. The molecule has 1 aliphatic rings. The maximum atomic E-state index is 12.2. The summed E-state index contributed by atoms with van der Waals surface area (Å²) in [6.45, 7) is 3.94. The van der Waals surface area contributed by atoms with Crippen LogP contribution in [-0.4, -0.2) is 24.0 Å². The van der Waals surface area contributed by atoms with Crippen molar-refractivity contribution < 1.29 is 9.53 Å². The maximum absolute atomic E-state index is 12.2. The van der Waals surface area contributed by atoms with E-state index in [1.807, 2.05) is 37.4 Å². The monoisotopic (exact) mass is 288 g/mol. The van der Waals surface area contributed by atoms with Gasteiger partial charge in [-0.3, -0.25) is 4.79 Å². The molecule has 0 spiro atoms. The van der Waals surface area contributed by atoms with Crippen LogP contribution in [0.15, 0.2) is 23.6 Å². The number of carbonyl (C=O) groups is 1. The van der Waals surface area contributed by atoms with Crippen LogP contribution in [0.5, 0.6) is 5.75 Å².